The molecule has 1 rings (SSSR count). The van der Waals surface area contributed by atoms with Crippen LogP contribution in [-0.4, -0.2) is 0 Å². The molecule has 0 nitrogen and oxygen atoms in total. The van der Waals surface area contributed by atoms with Crippen LogP contribution in [0.2, 0.25) is 0 Å². The lowest BCUT2D eigenvalue weighted by Crippen LogP contribution is -2.21. The number of hydrogen-bond donors (Lipinski definition) is 0. The summed E-state index contributed by atoms with van der Waals surface area (Å²) >= 11 is 0. The van der Waals surface area contributed by atoms with E-state index in [4.69, 9.17) is 0 Å². The maximum absolute atomic E-state index is 2.42. The molecule has 60 valence electrons. The largest absolute Gasteiger partial charge is 0.0617 e. The summed E-state index contributed by atoms with van der Waals surface area (Å²) in [6.07, 6.45) is 0. The van der Waals surface area contributed by atoms with Crippen LogP contribution >= 0.6 is 0 Å². The Labute approximate surface area is 65.0 Å². The van der Waals surface area contributed by atoms with E-state index in [1.165, 1.54) is 0 Å². The molecule has 0 aliphatic heterocycles. The molecule has 2 unspecified atom stereocenters. The van der Waals surface area contributed by atoms with Crippen LogP contribution in [0.4, 0.5) is 0 Å². The minimum absolute atomic E-state index is 0.492. The van der Waals surface area contributed by atoms with Gasteiger partial charge in [-0.1, -0.05) is 41.5 Å². The first-order valence-electron chi connectivity index (χ1n) is 4.32. The zero-order valence-corrected chi connectivity index (χ0v) is 8.15. The lowest BCUT2D eigenvalue weighted by molar-refractivity contribution is 0.204. The first-order valence-corrected chi connectivity index (χ1v) is 4.32. The molecule has 0 bridgehead atoms. The molecule has 1 aliphatic carbocycles. The smallest absolute Gasteiger partial charge is 0.0220 e. The first kappa shape index (κ1) is 8.10. The molecule has 0 amide bonds. The highest BCUT2D eigenvalue weighted by Crippen LogP contribution is 2.67. The van der Waals surface area contributed by atoms with Crippen LogP contribution < -0.4 is 0 Å². The summed E-state index contributed by atoms with van der Waals surface area (Å²) in [4.78, 5) is 0. The Morgan fingerprint density at radius 1 is 1.00 bits per heavy atom. The van der Waals surface area contributed by atoms with Crippen molar-refractivity contribution in [1.82, 2.24) is 0 Å². The molecular weight excluding hydrogens is 120 g/mol. The molecule has 0 aromatic rings. The van der Waals surface area contributed by atoms with E-state index < -0.39 is 0 Å². The van der Waals surface area contributed by atoms with Gasteiger partial charge >= 0.3 is 0 Å². The highest BCUT2D eigenvalue weighted by Gasteiger charge is 2.61. The molecule has 1 aliphatic rings. The molecule has 1 saturated carbocycles. The molecule has 0 heteroatoms. The van der Waals surface area contributed by atoms with Crippen molar-refractivity contribution in [1.29, 1.82) is 0 Å². The van der Waals surface area contributed by atoms with Gasteiger partial charge in [-0.15, -0.1) is 0 Å². The Hall–Kier alpha value is 0. The second-order valence-electron chi connectivity index (χ2n) is 5.11. The SMILES string of the molecule is CC1C(C)C1(C)C(C)(C)C. The van der Waals surface area contributed by atoms with Crippen LogP contribution in [0.3, 0.4) is 0 Å². The maximum atomic E-state index is 2.42. The second-order valence-corrected chi connectivity index (χ2v) is 5.11. The molecule has 0 spiro atoms. The molecule has 0 N–H and O–H groups in total. The molecule has 0 aromatic heterocycles. The van der Waals surface area contributed by atoms with E-state index >= 15 is 0 Å². The fourth-order valence-electron chi connectivity index (χ4n) is 2.35. The number of rotatable bonds is 0. The van der Waals surface area contributed by atoms with Crippen molar-refractivity contribution < 1.29 is 0 Å². The van der Waals surface area contributed by atoms with Gasteiger partial charge in [0.05, 0.1) is 0 Å². The maximum Gasteiger partial charge on any atom is -0.0220 e. The summed E-state index contributed by atoms with van der Waals surface area (Å²) in [5, 5.41) is 0. The van der Waals surface area contributed by atoms with E-state index in [0.29, 0.717) is 10.8 Å². The summed E-state index contributed by atoms with van der Waals surface area (Å²) < 4.78 is 0. The summed E-state index contributed by atoms with van der Waals surface area (Å²) in [5.74, 6) is 1.85. The van der Waals surface area contributed by atoms with E-state index in [2.05, 4.69) is 41.5 Å². The second kappa shape index (κ2) is 1.78. The van der Waals surface area contributed by atoms with Gasteiger partial charge in [-0.3, -0.25) is 0 Å². The van der Waals surface area contributed by atoms with Crippen LogP contribution in [0.5, 0.6) is 0 Å². The Morgan fingerprint density at radius 2 is 1.30 bits per heavy atom. The molecule has 0 aromatic carbocycles. The van der Waals surface area contributed by atoms with E-state index in [1.54, 1.807) is 0 Å². The third-order valence-electron chi connectivity index (χ3n) is 4.15. The molecule has 0 heterocycles. The molecule has 2 atom stereocenters. The van der Waals surface area contributed by atoms with Crippen LogP contribution in [0.1, 0.15) is 41.5 Å². The summed E-state index contributed by atoms with van der Waals surface area (Å²) in [5.41, 5.74) is 1.10. The van der Waals surface area contributed by atoms with E-state index in [9.17, 15) is 0 Å². The van der Waals surface area contributed by atoms with Crippen molar-refractivity contribution in [3.8, 4) is 0 Å². The van der Waals surface area contributed by atoms with Gasteiger partial charge in [-0.25, -0.2) is 0 Å². The molecule has 1 fully saturated rings. The van der Waals surface area contributed by atoms with Gasteiger partial charge < -0.3 is 0 Å². The number of hydrogen-bond acceptors (Lipinski definition) is 0. The normalized spacial score (nSPS) is 47.4. The third-order valence-corrected chi connectivity index (χ3v) is 4.15. The Balaban J connectivity index is 2.75. The predicted octanol–water partition coefficient (Wildman–Crippen LogP) is 3.32. The van der Waals surface area contributed by atoms with Gasteiger partial charge in [0.2, 0.25) is 0 Å². The lowest BCUT2D eigenvalue weighted by Gasteiger charge is -2.29. The minimum Gasteiger partial charge on any atom is -0.0617 e. The van der Waals surface area contributed by atoms with Gasteiger partial charge in [-0.05, 0) is 22.7 Å². The first-order chi connectivity index (χ1) is 4.32. The minimum atomic E-state index is 0.492. The fourth-order valence-corrected chi connectivity index (χ4v) is 2.35. The molecule has 0 saturated heterocycles. The zero-order valence-electron chi connectivity index (χ0n) is 8.15. The van der Waals surface area contributed by atoms with Crippen LogP contribution in [0, 0.1) is 22.7 Å². The fraction of sp³-hybridized carbons (Fsp3) is 1.00. The van der Waals surface area contributed by atoms with Crippen LogP contribution in [-0.2, 0) is 0 Å². The van der Waals surface area contributed by atoms with Gasteiger partial charge in [-0.2, -0.15) is 0 Å². The zero-order chi connectivity index (χ0) is 8.15. The molecule has 0 radical (unpaired) electrons. The summed E-state index contributed by atoms with van der Waals surface area (Å²) in [6.45, 7) is 14.2. The van der Waals surface area contributed by atoms with Crippen molar-refractivity contribution in [2.45, 2.75) is 41.5 Å². The summed E-state index contributed by atoms with van der Waals surface area (Å²) in [7, 11) is 0. The highest BCUT2D eigenvalue weighted by atomic mass is 14.7. The van der Waals surface area contributed by atoms with Crippen LogP contribution in [0.25, 0.3) is 0 Å². The Bertz CT molecular complexity index is 131. The van der Waals surface area contributed by atoms with Gasteiger partial charge in [0.1, 0.15) is 0 Å². The third kappa shape index (κ3) is 0.741. The lowest BCUT2D eigenvalue weighted by atomic mass is 9.76. The van der Waals surface area contributed by atoms with Gasteiger partial charge in [0, 0.05) is 0 Å². The molecular formula is C10H20. The van der Waals surface area contributed by atoms with Crippen molar-refractivity contribution in [2.24, 2.45) is 22.7 Å². The monoisotopic (exact) mass is 140 g/mol. The van der Waals surface area contributed by atoms with Crippen molar-refractivity contribution >= 4 is 0 Å². The van der Waals surface area contributed by atoms with E-state index in [1.807, 2.05) is 0 Å². The average molecular weight is 140 g/mol. The van der Waals surface area contributed by atoms with Crippen molar-refractivity contribution in [3.63, 3.8) is 0 Å². The Morgan fingerprint density at radius 3 is 1.30 bits per heavy atom. The standard InChI is InChI=1S/C10H20/c1-7-8(2)10(7,6)9(3,4)5/h7-8H,1-6H3. The molecule has 10 heavy (non-hydrogen) atoms. The van der Waals surface area contributed by atoms with Crippen molar-refractivity contribution in [3.05, 3.63) is 0 Å². The van der Waals surface area contributed by atoms with E-state index in [-0.39, 0.29) is 0 Å². The van der Waals surface area contributed by atoms with Crippen molar-refractivity contribution in [2.75, 3.05) is 0 Å². The van der Waals surface area contributed by atoms with E-state index in [0.717, 1.165) is 11.8 Å². The topological polar surface area (TPSA) is 0 Å². The Kier molecular flexibility index (Phi) is 1.44. The summed E-state index contributed by atoms with van der Waals surface area (Å²) in [6, 6.07) is 0. The predicted molar refractivity (Wildman–Crippen MR) is 45.9 cm³/mol. The van der Waals surface area contributed by atoms with Crippen LogP contribution in [0.15, 0.2) is 0 Å². The highest BCUT2D eigenvalue weighted by molar-refractivity contribution is 5.09. The van der Waals surface area contributed by atoms with Gasteiger partial charge in [0.25, 0.3) is 0 Å². The average Bonchev–Trinajstić information content (AvgIpc) is 2.19. The quantitative estimate of drug-likeness (QED) is 0.484. The van der Waals surface area contributed by atoms with Gasteiger partial charge in [0.15, 0.2) is 0 Å².